The molecule has 2 heteroatoms. The van der Waals surface area contributed by atoms with Crippen molar-refractivity contribution >= 4 is 0 Å². The molecule has 0 aromatic carbocycles. The van der Waals surface area contributed by atoms with Crippen LogP contribution in [0, 0.1) is 5.41 Å². The lowest BCUT2D eigenvalue weighted by molar-refractivity contribution is 0.226. The third kappa shape index (κ3) is 7.08. The van der Waals surface area contributed by atoms with Gasteiger partial charge >= 0.3 is 0 Å². The van der Waals surface area contributed by atoms with Gasteiger partial charge in [0.25, 0.3) is 0 Å². The van der Waals surface area contributed by atoms with Crippen LogP contribution in [0.2, 0.25) is 0 Å². The van der Waals surface area contributed by atoms with Crippen LogP contribution in [0.1, 0.15) is 79.6 Å². The first-order valence-corrected chi connectivity index (χ1v) is 8.92. The predicted octanol–water partition coefficient (Wildman–Crippen LogP) is 4.45. The molecule has 1 rings (SSSR count). The van der Waals surface area contributed by atoms with Crippen LogP contribution in [0.3, 0.4) is 0 Å². The van der Waals surface area contributed by atoms with Crippen molar-refractivity contribution < 1.29 is 0 Å². The van der Waals surface area contributed by atoms with Gasteiger partial charge in [0.2, 0.25) is 0 Å². The number of likely N-dealkylation sites (tertiary alicyclic amines) is 1. The molecule has 1 unspecified atom stereocenters. The van der Waals surface area contributed by atoms with Crippen molar-refractivity contribution in [3.63, 3.8) is 0 Å². The Morgan fingerprint density at radius 3 is 2.55 bits per heavy atom. The SMILES string of the molecule is CCCCCC(C)(C)CNC1CCCN(C(C)C)CC1. The third-order valence-corrected chi connectivity index (χ3v) is 4.82. The van der Waals surface area contributed by atoms with Crippen molar-refractivity contribution in [2.45, 2.75) is 91.6 Å². The van der Waals surface area contributed by atoms with E-state index in [0.717, 1.165) is 6.04 Å². The second-order valence-corrected chi connectivity index (χ2v) is 7.76. The molecule has 1 N–H and O–H groups in total. The fourth-order valence-corrected chi connectivity index (χ4v) is 3.20. The van der Waals surface area contributed by atoms with Crippen molar-refractivity contribution in [2.24, 2.45) is 5.41 Å². The number of unbranched alkanes of at least 4 members (excludes halogenated alkanes) is 2. The first kappa shape index (κ1) is 18.0. The van der Waals surface area contributed by atoms with Gasteiger partial charge in [-0.3, -0.25) is 0 Å². The summed E-state index contributed by atoms with van der Waals surface area (Å²) in [5.41, 5.74) is 0.458. The summed E-state index contributed by atoms with van der Waals surface area (Å²) in [6.45, 7) is 15.5. The molecule has 0 radical (unpaired) electrons. The highest BCUT2D eigenvalue weighted by molar-refractivity contribution is 4.80. The predicted molar refractivity (Wildman–Crippen MR) is 90.3 cm³/mol. The molecule has 1 aliphatic heterocycles. The van der Waals surface area contributed by atoms with E-state index in [-0.39, 0.29) is 0 Å². The van der Waals surface area contributed by atoms with E-state index in [2.05, 4.69) is 44.8 Å². The van der Waals surface area contributed by atoms with E-state index < -0.39 is 0 Å². The molecule has 0 amide bonds. The smallest absolute Gasteiger partial charge is 0.00799 e. The summed E-state index contributed by atoms with van der Waals surface area (Å²) in [6, 6.07) is 1.45. The van der Waals surface area contributed by atoms with Crippen molar-refractivity contribution in [2.75, 3.05) is 19.6 Å². The number of nitrogens with one attached hydrogen (secondary N) is 1. The normalized spacial score (nSPS) is 22.2. The van der Waals surface area contributed by atoms with Crippen LogP contribution >= 0.6 is 0 Å². The van der Waals surface area contributed by atoms with Crippen molar-refractivity contribution in [3.05, 3.63) is 0 Å². The number of hydrogen-bond acceptors (Lipinski definition) is 2. The van der Waals surface area contributed by atoms with Gasteiger partial charge in [0.15, 0.2) is 0 Å². The van der Waals surface area contributed by atoms with Gasteiger partial charge < -0.3 is 10.2 Å². The zero-order valence-corrected chi connectivity index (χ0v) is 14.7. The molecular weight excluding hydrogens is 244 g/mol. The second kappa shape index (κ2) is 9.04. The molecule has 1 fully saturated rings. The van der Waals surface area contributed by atoms with Crippen molar-refractivity contribution in [3.8, 4) is 0 Å². The molecule has 20 heavy (non-hydrogen) atoms. The summed E-state index contributed by atoms with van der Waals surface area (Å²) in [5, 5.41) is 3.86. The number of rotatable bonds is 8. The Labute approximate surface area is 127 Å². The molecule has 0 aromatic heterocycles. The van der Waals surface area contributed by atoms with E-state index in [1.54, 1.807) is 0 Å². The molecule has 1 aliphatic rings. The van der Waals surface area contributed by atoms with Crippen LogP contribution in [-0.4, -0.2) is 36.6 Å². The fraction of sp³-hybridized carbons (Fsp3) is 1.00. The maximum atomic E-state index is 3.86. The average molecular weight is 283 g/mol. The van der Waals surface area contributed by atoms with E-state index in [1.807, 2.05) is 0 Å². The minimum absolute atomic E-state index is 0.458. The number of hydrogen-bond donors (Lipinski definition) is 1. The van der Waals surface area contributed by atoms with Crippen LogP contribution in [0.4, 0.5) is 0 Å². The van der Waals surface area contributed by atoms with Gasteiger partial charge in [0.05, 0.1) is 0 Å². The molecule has 0 aromatic rings. The molecule has 1 saturated heterocycles. The maximum absolute atomic E-state index is 3.86. The summed E-state index contributed by atoms with van der Waals surface area (Å²) in [5.74, 6) is 0. The molecule has 0 spiro atoms. The summed E-state index contributed by atoms with van der Waals surface area (Å²) >= 11 is 0. The maximum Gasteiger partial charge on any atom is 0.00799 e. The lowest BCUT2D eigenvalue weighted by Gasteiger charge is -2.28. The van der Waals surface area contributed by atoms with Gasteiger partial charge in [-0.25, -0.2) is 0 Å². The Hall–Kier alpha value is -0.0800. The van der Waals surface area contributed by atoms with Crippen LogP contribution in [0.15, 0.2) is 0 Å². The Kier molecular flexibility index (Phi) is 8.13. The molecule has 120 valence electrons. The van der Waals surface area contributed by atoms with E-state index in [0.29, 0.717) is 11.5 Å². The molecule has 0 bridgehead atoms. The molecular formula is C18H38N2. The Morgan fingerprint density at radius 2 is 1.90 bits per heavy atom. The van der Waals surface area contributed by atoms with Gasteiger partial charge in [0, 0.05) is 18.6 Å². The van der Waals surface area contributed by atoms with E-state index in [9.17, 15) is 0 Å². The Bertz CT molecular complexity index is 248. The minimum atomic E-state index is 0.458. The number of nitrogens with zero attached hydrogens (tertiary/aromatic N) is 1. The monoisotopic (exact) mass is 282 g/mol. The largest absolute Gasteiger partial charge is 0.313 e. The van der Waals surface area contributed by atoms with Crippen LogP contribution in [0.5, 0.6) is 0 Å². The summed E-state index contributed by atoms with van der Waals surface area (Å²) in [7, 11) is 0. The van der Waals surface area contributed by atoms with Crippen LogP contribution in [-0.2, 0) is 0 Å². The lowest BCUT2D eigenvalue weighted by atomic mass is 9.86. The van der Waals surface area contributed by atoms with Crippen LogP contribution < -0.4 is 5.32 Å². The fourth-order valence-electron chi connectivity index (χ4n) is 3.20. The van der Waals surface area contributed by atoms with E-state index in [4.69, 9.17) is 0 Å². The summed E-state index contributed by atoms with van der Waals surface area (Å²) in [4.78, 5) is 2.63. The molecule has 2 nitrogen and oxygen atoms in total. The second-order valence-electron chi connectivity index (χ2n) is 7.76. The summed E-state index contributed by atoms with van der Waals surface area (Å²) < 4.78 is 0. The average Bonchev–Trinajstić information content (AvgIpc) is 2.62. The van der Waals surface area contributed by atoms with Crippen molar-refractivity contribution in [1.29, 1.82) is 0 Å². The Balaban J connectivity index is 2.27. The third-order valence-electron chi connectivity index (χ3n) is 4.82. The quantitative estimate of drug-likeness (QED) is 0.662. The minimum Gasteiger partial charge on any atom is -0.313 e. The highest BCUT2D eigenvalue weighted by atomic mass is 15.1. The molecule has 1 atom stereocenters. The van der Waals surface area contributed by atoms with Crippen LogP contribution in [0.25, 0.3) is 0 Å². The lowest BCUT2D eigenvalue weighted by Crippen LogP contribution is -2.38. The standard InChI is InChI=1S/C18H38N2/c1-6-7-8-12-18(4,5)15-19-17-10-9-13-20(14-11-17)16(2)3/h16-17,19H,6-15H2,1-5H3. The molecule has 0 saturated carbocycles. The topological polar surface area (TPSA) is 15.3 Å². The van der Waals surface area contributed by atoms with Gasteiger partial charge in [-0.1, -0.05) is 40.0 Å². The van der Waals surface area contributed by atoms with E-state index in [1.165, 1.54) is 64.6 Å². The first-order chi connectivity index (χ1) is 9.44. The highest BCUT2D eigenvalue weighted by Gasteiger charge is 2.22. The molecule has 0 aliphatic carbocycles. The highest BCUT2D eigenvalue weighted by Crippen LogP contribution is 2.23. The van der Waals surface area contributed by atoms with Gasteiger partial charge in [-0.15, -0.1) is 0 Å². The van der Waals surface area contributed by atoms with Gasteiger partial charge in [-0.2, -0.15) is 0 Å². The first-order valence-electron chi connectivity index (χ1n) is 8.92. The summed E-state index contributed by atoms with van der Waals surface area (Å²) in [6.07, 6.45) is 9.49. The molecule has 1 heterocycles. The Morgan fingerprint density at radius 1 is 1.15 bits per heavy atom. The van der Waals surface area contributed by atoms with E-state index >= 15 is 0 Å². The van der Waals surface area contributed by atoms with Crippen molar-refractivity contribution in [1.82, 2.24) is 10.2 Å². The zero-order valence-electron chi connectivity index (χ0n) is 14.7. The zero-order chi connectivity index (χ0) is 15.0. The van der Waals surface area contributed by atoms with Gasteiger partial charge in [-0.05, 0) is 58.0 Å². The van der Waals surface area contributed by atoms with Gasteiger partial charge in [0.1, 0.15) is 0 Å².